The van der Waals surface area contributed by atoms with Crippen molar-refractivity contribution in [2.75, 3.05) is 5.32 Å². The summed E-state index contributed by atoms with van der Waals surface area (Å²) in [6.45, 7) is 4.13. The molecule has 24 heavy (non-hydrogen) atoms. The summed E-state index contributed by atoms with van der Waals surface area (Å²) < 4.78 is 0. The normalized spacial score (nSPS) is 15.1. The molecule has 0 saturated heterocycles. The highest BCUT2D eigenvalue weighted by molar-refractivity contribution is 5.99. The van der Waals surface area contributed by atoms with Gasteiger partial charge in [0, 0.05) is 17.9 Å². The quantitative estimate of drug-likeness (QED) is 0.870. The van der Waals surface area contributed by atoms with Crippen molar-refractivity contribution in [2.45, 2.75) is 52.0 Å². The van der Waals surface area contributed by atoms with Crippen molar-refractivity contribution in [2.24, 2.45) is 0 Å². The molecule has 1 aromatic heterocycles. The molecule has 1 heterocycles. The molecule has 3 rings (SSSR count). The Morgan fingerprint density at radius 1 is 1.12 bits per heavy atom. The Bertz CT molecular complexity index is 721. The van der Waals surface area contributed by atoms with Gasteiger partial charge >= 0.3 is 0 Å². The second kappa shape index (κ2) is 7.47. The fourth-order valence-corrected chi connectivity index (χ4v) is 3.28. The van der Waals surface area contributed by atoms with Gasteiger partial charge in [0.1, 0.15) is 5.82 Å². The zero-order chi connectivity index (χ0) is 16.9. The molecule has 4 nitrogen and oxygen atoms in total. The number of aromatic nitrogens is 1. The first-order valence-electron chi connectivity index (χ1n) is 8.73. The first-order chi connectivity index (χ1) is 11.6. The average Bonchev–Trinajstić information content (AvgIpc) is 2.59. The van der Waals surface area contributed by atoms with Gasteiger partial charge in [-0.3, -0.25) is 4.79 Å². The Morgan fingerprint density at radius 3 is 2.67 bits per heavy atom. The van der Waals surface area contributed by atoms with Crippen LogP contribution in [0, 0.1) is 13.8 Å². The number of benzene rings is 1. The molecule has 1 aliphatic carbocycles. The molecule has 1 amide bonds. The van der Waals surface area contributed by atoms with E-state index in [-0.39, 0.29) is 5.91 Å². The Labute approximate surface area is 143 Å². The van der Waals surface area contributed by atoms with Crippen molar-refractivity contribution in [3.8, 4) is 0 Å². The van der Waals surface area contributed by atoms with Crippen LogP contribution >= 0.6 is 0 Å². The number of hydrogen-bond donors (Lipinski definition) is 2. The van der Waals surface area contributed by atoms with Crippen LogP contribution in [0.2, 0.25) is 0 Å². The molecule has 0 spiro atoms. The van der Waals surface area contributed by atoms with Crippen LogP contribution in [0.5, 0.6) is 0 Å². The summed E-state index contributed by atoms with van der Waals surface area (Å²) in [7, 11) is 0. The predicted octanol–water partition coefficient (Wildman–Crippen LogP) is 4.50. The predicted molar refractivity (Wildman–Crippen MR) is 97.8 cm³/mol. The SMILES string of the molecule is Cc1ccc(Nc2ncccc2C(=O)NC2CCCCC2)c(C)c1. The molecule has 2 aromatic rings. The average molecular weight is 323 g/mol. The summed E-state index contributed by atoms with van der Waals surface area (Å²) in [6, 6.07) is 10.1. The smallest absolute Gasteiger partial charge is 0.255 e. The summed E-state index contributed by atoms with van der Waals surface area (Å²) in [6.07, 6.45) is 7.54. The largest absolute Gasteiger partial charge is 0.349 e. The molecule has 1 aromatic carbocycles. The first-order valence-corrected chi connectivity index (χ1v) is 8.73. The summed E-state index contributed by atoms with van der Waals surface area (Å²) in [5.74, 6) is 0.569. The standard InChI is InChI=1S/C20H25N3O/c1-14-10-11-18(15(2)13-14)23-19-17(9-6-12-21-19)20(24)22-16-7-4-3-5-8-16/h6,9-13,16H,3-5,7-8H2,1-2H3,(H,21,23)(H,22,24). The Balaban J connectivity index is 1.78. The van der Waals surface area contributed by atoms with Crippen LogP contribution in [0.3, 0.4) is 0 Å². The topological polar surface area (TPSA) is 54.0 Å². The van der Waals surface area contributed by atoms with Gasteiger partial charge in [-0.15, -0.1) is 0 Å². The minimum Gasteiger partial charge on any atom is -0.349 e. The number of rotatable bonds is 4. The number of nitrogens with zero attached hydrogens (tertiary/aromatic N) is 1. The first kappa shape index (κ1) is 16.5. The van der Waals surface area contributed by atoms with Crippen molar-refractivity contribution in [1.82, 2.24) is 10.3 Å². The number of nitrogens with one attached hydrogen (secondary N) is 2. The summed E-state index contributed by atoms with van der Waals surface area (Å²) >= 11 is 0. The van der Waals surface area contributed by atoms with Crippen LogP contribution in [-0.2, 0) is 0 Å². The van der Waals surface area contributed by atoms with Gasteiger partial charge in [-0.05, 0) is 50.5 Å². The van der Waals surface area contributed by atoms with Crippen LogP contribution < -0.4 is 10.6 Å². The van der Waals surface area contributed by atoms with Gasteiger partial charge in [0.25, 0.3) is 5.91 Å². The molecule has 0 radical (unpaired) electrons. The van der Waals surface area contributed by atoms with Gasteiger partial charge in [-0.2, -0.15) is 0 Å². The Hall–Kier alpha value is -2.36. The molecule has 126 valence electrons. The summed E-state index contributed by atoms with van der Waals surface area (Å²) in [4.78, 5) is 17.1. The lowest BCUT2D eigenvalue weighted by molar-refractivity contribution is 0.0928. The molecule has 2 N–H and O–H groups in total. The van der Waals surface area contributed by atoms with Crippen molar-refractivity contribution < 1.29 is 4.79 Å². The van der Waals surface area contributed by atoms with E-state index in [0.717, 1.165) is 24.1 Å². The monoisotopic (exact) mass is 323 g/mol. The highest BCUT2D eigenvalue weighted by atomic mass is 16.1. The van der Waals surface area contributed by atoms with Gasteiger partial charge in [-0.25, -0.2) is 4.98 Å². The fourth-order valence-electron chi connectivity index (χ4n) is 3.28. The molecule has 1 aliphatic rings. The number of carbonyl (C=O) groups is 1. The minimum absolute atomic E-state index is 0.0396. The van der Waals surface area contributed by atoms with Crippen molar-refractivity contribution >= 4 is 17.4 Å². The van der Waals surface area contributed by atoms with Gasteiger partial charge in [0.15, 0.2) is 0 Å². The molecule has 1 saturated carbocycles. The van der Waals surface area contributed by atoms with Gasteiger partial charge in [-0.1, -0.05) is 37.0 Å². The number of carbonyl (C=O) groups excluding carboxylic acids is 1. The summed E-state index contributed by atoms with van der Waals surface area (Å²) in [5, 5.41) is 6.48. The van der Waals surface area contributed by atoms with E-state index in [4.69, 9.17) is 0 Å². The highest BCUT2D eigenvalue weighted by Crippen LogP contribution is 2.23. The fraction of sp³-hybridized carbons (Fsp3) is 0.400. The number of aryl methyl sites for hydroxylation is 2. The van der Waals surface area contributed by atoms with E-state index in [1.807, 2.05) is 18.2 Å². The molecule has 1 fully saturated rings. The summed E-state index contributed by atoms with van der Waals surface area (Å²) in [5.41, 5.74) is 3.93. The maximum Gasteiger partial charge on any atom is 0.255 e. The Morgan fingerprint density at radius 2 is 1.92 bits per heavy atom. The molecular formula is C20H25N3O. The third-order valence-electron chi connectivity index (χ3n) is 4.63. The molecule has 0 atom stereocenters. The van der Waals surface area contributed by atoms with Crippen LogP contribution in [0.25, 0.3) is 0 Å². The van der Waals surface area contributed by atoms with Crippen LogP contribution in [0.1, 0.15) is 53.6 Å². The number of amides is 1. The number of anilines is 2. The third kappa shape index (κ3) is 3.94. The maximum atomic E-state index is 12.7. The van der Waals surface area contributed by atoms with Crippen molar-refractivity contribution in [3.05, 3.63) is 53.2 Å². The van der Waals surface area contributed by atoms with Crippen LogP contribution in [0.15, 0.2) is 36.5 Å². The second-order valence-electron chi connectivity index (χ2n) is 6.65. The van der Waals surface area contributed by atoms with E-state index in [9.17, 15) is 4.79 Å². The minimum atomic E-state index is -0.0396. The molecular weight excluding hydrogens is 298 g/mol. The lowest BCUT2D eigenvalue weighted by Crippen LogP contribution is -2.36. The van der Waals surface area contributed by atoms with E-state index in [1.165, 1.54) is 24.8 Å². The van der Waals surface area contributed by atoms with Crippen LogP contribution in [0.4, 0.5) is 11.5 Å². The third-order valence-corrected chi connectivity index (χ3v) is 4.63. The lowest BCUT2D eigenvalue weighted by Gasteiger charge is -2.23. The lowest BCUT2D eigenvalue weighted by atomic mass is 9.95. The van der Waals surface area contributed by atoms with E-state index in [1.54, 1.807) is 6.20 Å². The number of hydrogen-bond acceptors (Lipinski definition) is 3. The Kier molecular flexibility index (Phi) is 5.14. The molecule has 0 aliphatic heterocycles. The van der Waals surface area contributed by atoms with E-state index < -0.39 is 0 Å². The maximum absolute atomic E-state index is 12.7. The van der Waals surface area contributed by atoms with Crippen molar-refractivity contribution in [1.29, 1.82) is 0 Å². The molecule has 0 bridgehead atoms. The highest BCUT2D eigenvalue weighted by Gasteiger charge is 2.19. The van der Waals surface area contributed by atoms with Crippen molar-refractivity contribution in [3.63, 3.8) is 0 Å². The van der Waals surface area contributed by atoms with Gasteiger partial charge < -0.3 is 10.6 Å². The van der Waals surface area contributed by atoms with E-state index in [2.05, 4.69) is 41.6 Å². The van der Waals surface area contributed by atoms with Gasteiger partial charge in [0.05, 0.1) is 5.56 Å². The zero-order valence-corrected chi connectivity index (χ0v) is 14.4. The van der Waals surface area contributed by atoms with Gasteiger partial charge in [0.2, 0.25) is 0 Å². The van der Waals surface area contributed by atoms with E-state index in [0.29, 0.717) is 17.4 Å². The second-order valence-corrected chi connectivity index (χ2v) is 6.65. The van der Waals surface area contributed by atoms with E-state index >= 15 is 0 Å². The van der Waals surface area contributed by atoms with Crippen LogP contribution in [-0.4, -0.2) is 16.9 Å². The number of pyridine rings is 1. The molecule has 4 heteroatoms. The molecule has 0 unspecified atom stereocenters. The zero-order valence-electron chi connectivity index (χ0n) is 14.4.